The summed E-state index contributed by atoms with van der Waals surface area (Å²) in [4.78, 5) is 23.7. The number of carbonyl (C=O) groups is 2. The molecule has 0 radical (unpaired) electrons. The predicted octanol–water partition coefficient (Wildman–Crippen LogP) is 2.69. The molecule has 0 bridgehead atoms. The minimum absolute atomic E-state index is 0.0101. The largest absolute Gasteiger partial charge is 0.376 e. The minimum Gasteiger partial charge on any atom is -0.376 e. The Morgan fingerprint density at radius 3 is 2.43 bits per heavy atom. The number of benzene rings is 1. The number of nitrogens with one attached hydrogen (secondary N) is 3. The summed E-state index contributed by atoms with van der Waals surface area (Å²) < 4.78 is 0. The van der Waals surface area contributed by atoms with Crippen LogP contribution >= 0.6 is 0 Å². The predicted molar refractivity (Wildman–Crippen MR) is 92.6 cm³/mol. The van der Waals surface area contributed by atoms with Crippen molar-refractivity contribution in [3.63, 3.8) is 0 Å². The van der Waals surface area contributed by atoms with Crippen molar-refractivity contribution in [2.24, 2.45) is 0 Å². The quantitative estimate of drug-likeness (QED) is 0.724. The van der Waals surface area contributed by atoms with Crippen LogP contribution < -0.4 is 16.0 Å². The van der Waals surface area contributed by atoms with Gasteiger partial charge in [0, 0.05) is 23.8 Å². The van der Waals surface area contributed by atoms with Crippen molar-refractivity contribution in [1.29, 1.82) is 0 Å². The van der Waals surface area contributed by atoms with E-state index in [0.29, 0.717) is 18.2 Å². The summed E-state index contributed by atoms with van der Waals surface area (Å²) in [5.74, 6) is -0.0323. The molecule has 1 aliphatic carbocycles. The van der Waals surface area contributed by atoms with Gasteiger partial charge in [0.05, 0.1) is 6.54 Å². The fourth-order valence-electron chi connectivity index (χ4n) is 2.76. The molecule has 23 heavy (non-hydrogen) atoms. The molecule has 1 aromatic rings. The molecule has 0 atom stereocenters. The second kappa shape index (κ2) is 9.18. The van der Waals surface area contributed by atoms with Crippen LogP contribution in [-0.2, 0) is 4.79 Å². The van der Waals surface area contributed by atoms with E-state index in [4.69, 9.17) is 0 Å². The molecule has 126 valence electrons. The van der Waals surface area contributed by atoms with E-state index >= 15 is 0 Å². The molecule has 0 saturated heterocycles. The molecule has 5 nitrogen and oxygen atoms in total. The fraction of sp³-hybridized carbons (Fsp3) is 0.556. The van der Waals surface area contributed by atoms with Gasteiger partial charge >= 0.3 is 0 Å². The van der Waals surface area contributed by atoms with Crippen LogP contribution in [0, 0.1) is 0 Å². The van der Waals surface area contributed by atoms with E-state index in [-0.39, 0.29) is 18.4 Å². The van der Waals surface area contributed by atoms with Crippen LogP contribution in [0.4, 0.5) is 5.69 Å². The molecule has 1 fully saturated rings. The Hall–Kier alpha value is -2.04. The summed E-state index contributed by atoms with van der Waals surface area (Å²) in [7, 11) is 0. The van der Waals surface area contributed by atoms with Crippen molar-refractivity contribution in [1.82, 2.24) is 10.6 Å². The molecule has 0 aromatic heterocycles. The van der Waals surface area contributed by atoms with E-state index < -0.39 is 0 Å². The number of hydrogen-bond acceptors (Lipinski definition) is 3. The Bertz CT molecular complexity index is 508. The Kier molecular flexibility index (Phi) is 6.91. The van der Waals surface area contributed by atoms with Crippen molar-refractivity contribution >= 4 is 17.5 Å². The average molecular weight is 317 g/mol. The highest BCUT2D eigenvalue weighted by molar-refractivity contribution is 5.94. The first kappa shape index (κ1) is 17.3. The monoisotopic (exact) mass is 317 g/mol. The molecule has 5 heteroatoms. The molecular formula is C18H27N3O2. The smallest absolute Gasteiger partial charge is 0.251 e. The summed E-state index contributed by atoms with van der Waals surface area (Å²) in [6.07, 6.45) is 6.77. The standard InChI is InChI=1S/C18H27N3O2/c1-2-12-19-17(22)13-20-15-10-8-14(9-11-15)18(23)21-16-6-4-3-5-7-16/h8-11,16,20H,2-7,12-13H2,1H3,(H,19,22)(H,21,23). The molecule has 0 unspecified atom stereocenters. The Labute approximate surface area is 138 Å². The van der Waals surface area contributed by atoms with Crippen LogP contribution in [0.3, 0.4) is 0 Å². The van der Waals surface area contributed by atoms with E-state index in [1.165, 1.54) is 19.3 Å². The molecule has 0 spiro atoms. The second-order valence-corrected chi connectivity index (χ2v) is 6.09. The topological polar surface area (TPSA) is 70.2 Å². The molecule has 3 N–H and O–H groups in total. The van der Waals surface area contributed by atoms with Gasteiger partial charge in [0.15, 0.2) is 0 Å². The molecule has 1 aromatic carbocycles. The third kappa shape index (κ3) is 5.93. The normalized spacial score (nSPS) is 15.0. The highest BCUT2D eigenvalue weighted by Gasteiger charge is 2.16. The molecule has 1 aliphatic rings. The molecule has 1 saturated carbocycles. The van der Waals surface area contributed by atoms with Crippen molar-refractivity contribution < 1.29 is 9.59 Å². The fourth-order valence-corrected chi connectivity index (χ4v) is 2.76. The number of hydrogen-bond donors (Lipinski definition) is 3. The average Bonchev–Trinajstić information content (AvgIpc) is 2.59. The van der Waals surface area contributed by atoms with Gasteiger partial charge in [-0.05, 0) is 43.5 Å². The number of carbonyl (C=O) groups excluding carboxylic acids is 2. The summed E-state index contributed by atoms with van der Waals surface area (Å²) in [5.41, 5.74) is 1.50. The van der Waals surface area contributed by atoms with Gasteiger partial charge in [-0.1, -0.05) is 26.2 Å². The van der Waals surface area contributed by atoms with Crippen LogP contribution in [0.25, 0.3) is 0 Å². The van der Waals surface area contributed by atoms with Gasteiger partial charge in [-0.2, -0.15) is 0 Å². The van der Waals surface area contributed by atoms with E-state index in [9.17, 15) is 9.59 Å². The lowest BCUT2D eigenvalue weighted by atomic mass is 9.95. The van der Waals surface area contributed by atoms with Crippen LogP contribution in [0.1, 0.15) is 55.8 Å². The van der Waals surface area contributed by atoms with E-state index in [1.54, 1.807) is 12.1 Å². The summed E-state index contributed by atoms with van der Waals surface area (Å²) >= 11 is 0. The molecular weight excluding hydrogens is 290 g/mol. The first-order chi connectivity index (χ1) is 11.2. The van der Waals surface area contributed by atoms with Crippen molar-refractivity contribution in [2.45, 2.75) is 51.5 Å². The molecule has 2 rings (SSSR count). The van der Waals surface area contributed by atoms with Crippen LogP contribution in [0.15, 0.2) is 24.3 Å². The third-order valence-electron chi connectivity index (χ3n) is 4.11. The maximum absolute atomic E-state index is 12.2. The van der Waals surface area contributed by atoms with Gasteiger partial charge in [0.2, 0.25) is 5.91 Å². The first-order valence-corrected chi connectivity index (χ1v) is 8.60. The lowest BCUT2D eigenvalue weighted by molar-refractivity contribution is -0.119. The lowest BCUT2D eigenvalue weighted by Crippen LogP contribution is -2.36. The van der Waals surface area contributed by atoms with Gasteiger partial charge in [-0.25, -0.2) is 0 Å². The SMILES string of the molecule is CCCNC(=O)CNc1ccc(C(=O)NC2CCCCC2)cc1. The lowest BCUT2D eigenvalue weighted by Gasteiger charge is -2.22. The second-order valence-electron chi connectivity index (χ2n) is 6.09. The summed E-state index contributed by atoms with van der Waals surface area (Å²) in [5, 5.41) is 8.97. The Morgan fingerprint density at radius 2 is 1.78 bits per heavy atom. The van der Waals surface area contributed by atoms with Gasteiger partial charge in [0.1, 0.15) is 0 Å². The Morgan fingerprint density at radius 1 is 1.09 bits per heavy atom. The Balaban J connectivity index is 1.79. The maximum Gasteiger partial charge on any atom is 0.251 e. The van der Waals surface area contributed by atoms with Crippen molar-refractivity contribution in [2.75, 3.05) is 18.4 Å². The summed E-state index contributed by atoms with van der Waals surface area (Å²) in [6.45, 7) is 2.96. The van der Waals surface area contributed by atoms with Gasteiger partial charge in [0.25, 0.3) is 5.91 Å². The van der Waals surface area contributed by atoms with E-state index in [0.717, 1.165) is 24.9 Å². The molecule has 0 heterocycles. The van der Waals surface area contributed by atoms with E-state index in [2.05, 4.69) is 16.0 Å². The molecule has 0 aliphatic heterocycles. The van der Waals surface area contributed by atoms with Gasteiger partial charge in [-0.3, -0.25) is 9.59 Å². The number of anilines is 1. The first-order valence-electron chi connectivity index (χ1n) is 8.60. The minimum atomic E-state index is -0.0223. The zero-order valence-electron chi connectivity index (χ0n) is 13.9. The zero-order chi connectivity index (χ0) is 16.5. The van der Waals surface area contributed by atoms with Crippen LogP contribution in [-0.4, -0.2) is 30.9 Å². The van der Waals surface area contributed by atoms with Crippen molar-refractivity contribution in [3.8, 4) is 0 Å². The molecule has 2 amide bonds. The zero-order valence-corrected chi connectivity index (χ0v) is 13.9. The van der Waals surface area contributed by atoms with Gasteiger partial charge in [-0.15, -0.1) is 0 Å². The van der Waals surface area contributed by atoms with Crippen LogP contribution in [0.2, 0.25) is 0 Å². The maximum atomic E-state index is 12.2. The van der Waals surface area contributed by atoms with Crippen molar-refractivity contribution in [3.05, 3.63) is 29.8 Å². The highest BCUT2D eigenvalue weighted by atomic mass is 16.2. The number of amides is 2. The third-order valence-corrected chi connectivity index (χ3v) is 4.11. The number of rotatable bonds is 7. The van der Waals surface area contributed by atoms with Gasteiger partial charge < -0.3 is 16.0 Å². The highest BCUT2D eigenvalue weighted by Crippen LogP contribution is 2.18. The van der Waals surface area contributed by atoms with E-state index in [1.807, 2.05) is 19.1 Å². The van der Waals surface area contributed by atoms with Crippen LogP contribution in [0.5, 0.6) is 0 Å². The summed E-state index contributed by atoms with van der Waals surface area (Å²) in [6, 6.07) is 7.58.